The Morgan fingerprint density at radius 1 is 1.23 bits per heavy atom. The van der Waals surface area contributed by atoms with Crippen LogP contribution in [0.2, 0.25) is 0 Å². The molecule has 2 heterocycles. The van der Waals surface area contributed by atoms with E-state index in [0.29, 0.717) is 12.5 Å². The van der Waals surface area contributed by atoms with Crippen LogP contribution in [0.15, 0.2) is 24.3 Å². The monoisotopic (exact) mass is 300 g/mol. The Bertz CT molecular complexity index is 574. The molecule has 22 heavy (non-hydrogen) atoms. The zero-order chi connectivity index (χ0) is 15.2. The van der Waals surface area contributed by atoms with Crippen molar-refractivity contribution in [2.75, 3.05) is 26.7 Å². The maximum Gasteiger partial charge on any atom is 0.226 e. The summed E-state index contributed by atoms with van der Waals surface area (Å²) in [5, 5.41) is 0. The molecule has 0 radical (unpaired) electrons. The Morgan fingerprint density at radius 3 is 2.68 bits per heavy atom. The molecular weight excluding hydrogens is 276 g/mol. The molecule has 1 spiro atoms. The molecule has 0 unspecified atom stereocenters. The maximum absolute atomic E-state index is 12.7. The van der Waals surface area contributed by atoms with E-state index in [0.717, 1.165) is 56.6 Å². The van der Waals surface area contributed by atoms with Gasteiger partial charge in [-0.05, 0) is 26.0 Å². The van der Waals surface area contributed by atoms with E-state index in [1.165, 1.54) is 0 Å². The summed E-state index contributed by atoms with van der Waals surface area (Å²) >= 11 is 0. The third-order valence-corrected chi connectivity index (χ3v) is 5.28. The summed E-state index contributed by atoms with van der Waals surface area (Å²) < 4.78 is 6.49. The van der Waals surface area contributed by atoms with Crippen molar-refractivity contribution >= 4 is 5.91 Å². The van der Waals surface area contributed by atoms with Crippen molar-refractivity contribution in [2.24, 2.45) is 5.92 Å². The second-order valence-electron chi connectivity index (χ2n) is 7.16. The Hall–Kier alpha value is -1.55. The number of hydrogen-bond acceptors (Lipinski definition) is 3. The number of rotatable bonds is 1. The van der Waals surface area contributed by atoms with Crippen LogP contribution >= 0.6 is 0 Å². The second-order valence-corrected chi connectivity index (χ2v) is 7.16. The molecule has 2 fully saturated rings. The quantitative estimate of drug-likeness (QED) is 0.798. The molecule has 1 aliphatic carbocycles. The van der Waals surface area contributed by atoms with Gasteiger partial charge in [0.1, 0.15) is 11.4 Å². The van der Waals surface area contributed by atoms with Crippen molar-refractivity contribution in [1.82, 2.24) is 9.80 Å². The largest absolute Gasteiger partial charge is 0.485 e. The van der Waals surface area contributed by atoms with Crippen molar-refractivity contribution in [3.63, 3.8) is 0 Å². The zero-order valence-corrected chi connectivity index (χ0v) is 13.3. The fraction of sp³-hybridized carbons (Fsp3) is 0.611. The van der Waals surface area contributed by atoms with Gasteiger partial charge in [0.15, 0.2) is 0 Å². The van der Waals surface area contributed by atoms with Crippen molar-refractivity contribution in [2.45, 2.75) is 37.8 Å². The topological polar surface area (TPSA) is 32.8 Å². The fourth-order valence-corrected chi connectivity index (χ4v) is 3.64. The molecule has 1 amide bonds. The van der Waals surface area contributed by atoms with Crippen LogP contribution in [-0.4, -0.2) is 48.0 Å². The highest BCUT2D eigenvalue weighted by molar-refractivity contribution is 5.81. The number of likely N-dealkylation sites (tertiary alicyclic amines) is 1. The first kappa shape index (κ1) is 14.1. The van der Waals surface area contributed by atoms with Gasteiger partial charge in [0, 0.05) is 44.0 Å². The normalized spacial score (nSPS) is 24.5. The summed E-state index contributed by atoms with van der Waals surface area (Å²) in [5.74, 6) is 1.57. The first-order chi connectivity index (χ1) is 10.7. The first-order valence-corrected chi connectivity index (χ1v) is 8.39. The van der Waals surface area contributed by atoms with Gasteiger partial charge in [-0.1, -0.05) is 18.2 Å². The lowest BCUT2D eigenvalue weighted by molar-refractivity contribution is -0.136. The summed E-state index contributed by atoms with van der Waals surface area (Å²) in [6, 6.07) is 8.21. The van der Waals surface area contributed by atoms with Gasteiger partial charge in [0.2, 0.25) is 5.91 Å². The number of carbonyl (C=O) groups excluding carboxylic acids is 1. The fourth-order valence-electron chi connectivity index (χ4n) is 3.64. The van der Waals surface area contributed by atoms with E-state index in [1.54, 1.807) is 0 Å². The van der Waals surface area contributed by atoms with Gasteiger partial charge >= 0.3 is 0 Å². The first-order valence-electron chi connectivity index (χ1n) is 8.39. The van der Waals surface area contributed by atoms with Gasteiger partial charge in [0.05, 0.1) is 6.54 Å². The highest BCUT2D eigenvalue weighted by Crippen LogP contribution is 2.38. The summed E-state index contributed by atoms with van der Waals surface area (Å²) in [7, 11) is 2.16. The van der Waals surface area contributed by atoms with Crippen molar-refractivity contribution < 1.29 is 9.53 Å². The molecule has 4 rings (SSSR count). The lowest BCUT2D eigenvalue weighted by atomic mass is 9.90. The molecule has 2 aliphatic heterocycles. The number of ether oxygens (including phenoxy) is 1. The predicted molar refractivity (Wildman–Crippen MR) is 84.7 cm³/mol. The number of piperidine rings is 1. The Labute approximate surface area is 132 Å². The summed E-state index contributed by atoms with van der Waals surface area (Å²) in [6.07, 6.45) is 4.11. The third-order valence-electron chi connectivity index (χ3n) is 5.28. The van der Waals surface area contributed by atoms with Crippen molar-refractivity contribution in [1.29, 1.82) is 0 Å². The lowest BCUT2D eigenvalue weighted by Gasteiger charge is -2.41. The van der Waals surface area contributed by atoms with E-state index in [2.05, 4.69) is 29.0 Å². The van der Waals surface area contributed by atoms with E-state index in [9.17, 15) is 4.79 Å². The van der Waals surface area contributed by atoms with Gasteiger partial charge < -0.3 is 14.5 Å². The standard InChI is InChI=1S/C18H24N2O2/c1-19-10-8-18(9-11-19)13-20(17(21)14-6-7-14)12-15-4-2-3-5-16(15)22-18/h2-5,14H,6-13H2,1H3. The second kappa shape index (κ2) is 5.27. The van der Waals surface area contributed by atoms with Crippen LogP contribution in [-0.2, 0) is 11.3 Å². The minimum absolute atomic E-state index is 0.205. The van der Waals surface area contributed by atoms with Crippen LogP contribution in [0.5, 0.6) is 5.75 Å². The number of hydrogen-bond donors (Lipinski definition) is 0. The van der Waals surface area contributed by atoms with Crippen LogP contribution in [0.3, 0.4) is 0 Å². The number of nitrogens with zero attached hydrogens (tertiary/aromatic N) is 2. The summed E-state index contributed by atoms with van der Waals surface area (Å²) in [6.45, 7) is 3.51. The van der Waals surface area contributed by atoms with Gasteiger partial charge in [-0.3, -0.25) is 4.79 Å². The molecule has 1 aromatic carbocycles. The van der Waals surface area contributed by atoms with Gasteiger partial charge in [-0.25, -0.2) is 0 Å². The average molecular weight is 300 g/mol. The van der Waals surface area contributed by atoms with E-state index < -0.39 is 0 Å². The van der Waals surface area contributed by atoms with Crippen LogP contribution < -0.4 is 4.74 Å². The number of benzene rings is 1. The number of fused-ring (bicyclic) bond motifs is 1. The molecule has 0 aromatic heterocycles. The number of amides is 1. The molecule has 0 atom stereocenters. The highest BCUT2D eigenvalue weighted by Gasteiger charge is 2.43. The van der Waals surface area contributed by atoms with E-state index in [-0.39, 0.29) is 11.5 Å². The van der Waals surface area contributed by atoms with Gasteiger partial charge in [-0.15, -0.1) is 0 Å². The molecule has 0 N–H and O–H groups in total. The molecule has 3 aliphatic rings. The van der Waals surface area contributed by atoms with Gasteiger partial charge in [-0.2, -0.15) is 0 Å². The van der Waals surface area contributed by atoms with Crippen LogP contribution in [0, 0.1) is 5.92 Å². The van der Waals surface area contributed by atoms with Gasteiger partial charge in [0.25, 0.3) is 0 Å². The lowest BCUT2D eigenvalue weighted by Crippen LogP contribution is -2.53. The Balaban J connectivity index is 1.66. The molecule has 4 heteroatoms. The number of para-hydroxylation sites is 1. The van der Waals surface area contributed by atoms with E-state index in [1.807, 2.05) is 12.1 Å². The minimum Gasteiger partial charge on any atom is -0.485 e. The molecule has 4 nitrogen and oxygen atoms in total. The minimum atomic E-state index is -0.205. The molecule has 1 saturated carbocycles. The van der Waals surface area contributed by atoms with Crippen LogP contribution in [0.4, 0.5) is 0 Å². The highest BCUT2D eigenvalue weighted by atomic mass is 16.5. The van der Waals surface area contributed by atoms with Crippen LogP contribution in [0.25, 0.3) is 0 Å². The molecule has 0 bridgehead atoms. The smallest absolute Gasteiger partial charge is 0.226 e. The van der Waals surface area contributed by atoms with E-state index >= 15 is 0 Å². The van der Waals surface area contributed by atoms with Crippen molar-refractivity contribution in [3.05, 3.63) is 29.8 Å². The third kappa shape index (κ3) is 2.60. The average Bonchev–Trinajstić information content (AvgIpc) is 3.36. The zero-order valence-electron chi connectivity index (χ0n) is 13.3. The molecule has 1 aromatic rings. The number of carbonyl (C=O) groups is 1. The summed E-state index contributed by atoms with van der Waals surface area (Å²) in [4.78, 5) is 17.1. The molecule has 1 saturated heterocycles. The Kier molecular flexibility index (Phi) is 3.37. The SMILES string of the molecule is CN1CCC2(CC1)CN(C(=O)C1CC1)Cc1ccccc1O2. The molecule has 118 valence electrons. The predicted octanol–water partition coefficient (Wildman–Crippen LogP) is 2.28. The molecular formula is C18H24N2O2. The van der Waals surface area contributed by atoms with Crippen molar-refractivity contribution in [3.8, 4) is 5.75 Å². The Morgan fingerprint density at radius 2 is 1.95 bits per heavy atom. The maximum atomic E-state index is 12.7. The summed E-state index contributed by atoms with van der Waals surface area (Å²) in [5.41, 5.74) is 0.941. The van der Waals surface area contributed by atoms with Crippen LogP contribution in [0.1, 0.15) is 31.2 Å². The van der Waals surface area contributed by atoms with E-state index in [4.69, 9.17) is 4.74 Å².